The standard InChI is InChI=1S/C29H30IN3O6S/c1-32-18-25(23-10-13-33(40-30)27(23)28(32)34)24-16-19(29(35)36-2)6-7-26(24)39-22-5-3-4-21(17-22)38-15-14-37-20-8-11-31-12-9-20/h3-7,10,13,16-18,20,31H,8-9,11-12,14-15H2,1-2H3. The summed E-state index contributed by atoms with van der Waals surface area (Å²) in [5, 5.41) is 4.09. The van der Waals surface area contributed by atoms with E-state index in [1.54, 1.807) is 31.4 Å². The summed E-state index contributed by atoms with van der Waals surface area (Å²) in [4.78, 5) is 25.4. The van der Waals surface area contributed by atoms with E-state index in [9.17, 15) is 9.59 Å². The third-order valence-corrected chi connectivity index (χ3v) is 8.50. The number of ether oxygens (including phenoxy) is 4. The van der Waals surface area contributed by atoms with Gasteiger partial charge in [-0.05, 0) is 62.3 Å². The van der Waals surface area contributed by atoms with Crippen LogP contribution in [0.4, 0.5) is 0 Å². The molecule has 5 rings (SSSR count). The molecule has 0 spiro atoms. The molecule has 0 atom stereocenters. The van der Waals surface area contributed by atoms with E-state index in [0.717, 1.165) is 36.9 Å². The number of pyridine rings is 1. The highest BCUT2D eigenvalue weighted by molar-refractivity contribution is 14.2. The molecular weight excluding hydrogens is 645 g/mol. The fourth-order valence-corrected chi connectivity index (χ4v) is 6.10. The molecule has 0 saturated carbocycles. The number of carbonyl (C=O) groups is 1. The molecular formula is C29H30IN3O6S. The predicted molar refractivity (Wildman–Crippen MR) is 165 cm³/mol. The number of rotatable bonds is 10. The molecule has 2 aromatic carbocycles. The van der Waals surface area contributed by atoms with Gasteiger partial charge in [0.2, 0.25) is 0 Å². The molecule has 11 heteroatoms. The summed E-state index contributed by atoms with van der Waals surface area (Å²) >= 11 is 2.14. The summed E-state index contributed by atoms with van der Waals surface area (Å²) in [6, 6.07) is 14.4. The fraction of sp³-hybridized carbons (Fsp3) is 0.310. The molecule has 210 valence electrons. The van der Waals surface area contributed by atoms with E-state index >= 15 is 0 Å². The minimum atomic E-state index is -0.462. The predicted octanol–water partition coefficient (Wildman–Crippen LogP) is 5.58. The molecule has 0 unspecified atom stereocenters. The van der Waals surface area contributed by atoms with Crippen LogP contribution < -0.4 is 20.3 Å². The van der Waals surface area contributed by atoms with Crippen molar-refractivity contribution in [2.24, 2.45) is 7.05 Å². The van der Waals surface area contributed by atoms with Gasteiger partial charge in [-0.15, -0.1) is 0 Å². The molecule has 1 fully saturated rings. The van der Waals surface area contributed by atoms with E-state index in [1.807, 2.05) is 40.5 Å². The second kappa shape index (κ2) is 13.1. The number of benzene rings is 2. The van der Waals surface area contributed by atoms with Crippen molar-refractivity contribution in [3.05, 3.63) is 76.8 Å². The van der Waals surface area contributed by atoms with Gasteiger partial charge < -0.3 is 28.8 Å². The van der Waals surface area contributed by atoms with Crippen LogP contribution >= 0.6 is 30.3 Å². The maximum atomic E-state index is 13.0. The smallest absolute Gasteiger partial charge is 0.337 e. The SMILES string of the molecule is COC(=O)c1ccc(Oc2cccc(OCCOC3CCNCC3)c2)c(-c2cn(C)c(=O)c3c2ccn3SI)c1. The number of nitrogens with zero attached hydrogens (tertiary/aromatic N) is 2. The summed E-state index contributed by atoms with van der Waals surface area (Å²) in [6.45, 7) is 2.93. The van der Waals surface area contributed by atoms with Crippen molar-refractivity contribution < 1.29 is 23.7 Å². The summed E-state index contributed by atoms with van der Waals surface area (Å²) in [5.74, 6) is 1.30. The zero-order valence-corrected chi connectivity index (χ0v) is 25.2. The van der Waals surface area contributed by atoms with Crippen LogP contribution in [0.15, 0.2) is 65.7 Å². The summed E-state index contributed by atoms with van der Waals surface area (Å²) in [5.41, 5.74) is 2.22. The number of methoxy groups -OCH3 is 1. The lowest BCUT2D eigenvalue weighted by Gasteiger charge is -2.22. The van der Waals surface area contributed by atoms with Crippen LogP contribution in [0.1, 0.15) is 23.2 Å². The highest BCUT2D eigenvalue weighted by Gasteiger charge is 2.19. The zero-order chi connectivity index (χ0) is 28.1. The molecule has 1 aliphatic rings. The van der Waals surface area contributed by atoms with Gasteiger partial charge >= 0.3 is 5.97 Å². The van der Waals surface area contributed by atoms with E-state index < -0.39 is 5.97 Å². The van der Waals surface area contributed by atoms with Crippen LogP contribution in [0, 0.1) is 0 Å². The van der Waals surface area contributed by atoms with Crippen LogP contribution in [-0.4, -0.2) is 54.0 Å². The van der Waals surface area contributed by atoms with Gasteiger partial charge in [0.15, 0.2) is 0 Å². The Balaban J connectivity index is 1.43. The maximum Gasteiger partial charge on any atom is 0.337 e. The monoisotopic (exact) mass is 675 g/mol. The first kappa shape index (κ1) is 28.5. The van der Waals surface area contributed by atoms with Crippen LogP contribution in [0.5, 0.6) is 17.2 Å². The van der Waals surface area contributed by atoms with E-state index in [-0.39, 0.29) is 11.7 Å². The molecule has 0 bridgehead atoms. The number of aryl methyl sites for hydroxylation is 1. The number of aromatic nitrogens is 2. The topological polar surface area (TPSA) is 93.0 Å². The van der Waals surface area contributed by atoms with Crippen LogP contribution in [0.2, 0.25) is 0 Å². The van der Waals surface area contributed by atoms with Crippen molar-refractivity contribution in [1.82, 2.24) is 13.9 Å². The minimum absolute atomic E-state index is 0.117. The van der Waals surface area contributed by atoms with Crippen LogP contribution in [-0.2, 0) is 16.5 Å². The van der Waals surface area contributed by atoms with Crippen LogP contribution in [0.3, 0.4) is 0 Å². The molecule has 3 heterocycles. The van der Waals surface area contributed by atoms with Crippen molar-refractivity contribution in [1.29, 1.82) is 0 Å². The number of fused-ring (bicyclic) bond motifs is 1. The number of esters is 1. The number of hydrogen-bond donors (Lipinski definition) is 1. The Hall–Kier alpha value is -3.00. The van der Waals surface area contributed by atoms with Gasteiger partial charge in [0.25, 0.3) is 5.56 Å². The lowest BCUT2D eigenvalue weighted by molar-refractivity contribution is 0.0168. The largest absolute Gasteiger partial charge is 0.491 e. The number of piperidine rings is 1. The molecule has 4 aromatic rings. The highest BCUT2D eigenvalue weighted by atomic mass is 127. The van der Waals surface area contributed by atoms with Gasteiger partial charge in [-0.3, -0.25) is 8.77 Å². The van der Waals surface area contributed by atoms with E-state index in [2.05, 4.69) is 26.5 Å². The Bertz CT molecular complexity index is 1560. The average molecular weight is 676 g/mol. The Kier molecular flexibility index (Phi) is 9.35. The fourth-order valence-electron chi connectivity index (χ4n) is 4.77. The second-order valence-electron chi connectivity index (χ2n) is 9.38. The van der Waals surface area contributed by atoms with Gasteiger partial charge in [-0.25, -0.2) is 4.79 Å². The van der Waals surface area contributed by atoms with Crippen molar-refractivity contribution >= 4 is 47.2 Å². The molecule has 1 N–H and O–H groups in total. The lowest BCUT2D eigenvalue weighted by Crippen LogP contribution is -2.33. The first-order chi connectivity index (χ1) is 19.5. The van der Waals surface area contributed by atoms with Crippen molar-refractivity contribution in [2.45, 2.75) is 18.9 Å². The lowest BCUT2D eigenvalue weighted by atomic mass is 10.00. The molecule has 0 amide bonds. The van der Waals surface area contributed by atoms with E-state index in [1.165, 1.54) is 20.8 Å². The Morgan fingerprint density at radius 3 is 2.65 bits per heavy atom. The number of nitrogens with one attached hydrogen (secondary N) is 1. The van der Waals surface area contributed by atoms with Gasteiger partial charge in [0, 0.05) is 72.3 Å². The van der Waals surface area contributed by atoms with Crippen molar-refractivity contribution in [2.75, 3.05) is 33.4 Å². The maximum absolute atomic E-state index is 13.0. The molecule has 9 nitrogen and oxygen atoms in total. The molecule has 1 saturated heterocycles. The van der Waals surface area contributed by atoms with Crippen molar-refractivity contribution in [3.8, 4) is 28.4 Å². The zero-order valence-electron chi connectivity index (χ0n) is 22.2. The summed E-state index contributed by atoms with van der Waals surface area (Å²) < 4.78 is 26.5. The Labute approximate surface area is 248 Å². The first-order valence-corrected chi connectivity index (χ1v) is 16.3. The second-order valence-corrected chi connectivity index (χ2v) is 11.1. The summed E-state index contributed by atoms with van der Waals surface area (Å²) in [7, 11) is 4.46. The minimum Gasteiger partial charge on any atom is -0.491 e. The summed E-state index contributed by atoms with van der Waals surface area (Å²) in [6.07, 6.45) is 5.93. The van der Waals surface area contributed by atoms with Gasteiger partial charge in [0.05, 0.1) is 25.4 Å². The molecule has 1 aliphatic heterocycles. The molecule has 40 heavy (non-hydrogen) atoms. The normalized spacial score (nSPS) is 13.9. The number of carbonyl (C=O) groups excluding carboxylic acids is 1. The van der Waals surface area contributed by atoms with E-state index in [0.29, 0.717) is 47.1 Å². The quantitative estimate of drug-likeness (QED) is 0.132. The third-order valence-electron chi connectivity index (χ3n) is 6.78. The average Bonchev–Trinajstić information content (AvgIpc) is 3.42. The Morgan fingerprint density at radius 2 is 1.88 bits per heavy atom. The Morgan fingerprint density at radius 1 is 1.07 bits per heavy atom. The van der Waals surface area contributed by atoms with Crippen LogP contribution in [0.25, 0.3) is 22.0 Å². The highest BCUT2D eigenvalue weighted by Crippen LogP contribution is 2.39. The molecule has 2 aromatic heterocycles. The van der Waals surface area contributed by atoms with E-state index in [4.69, 9.17) is 18.9 Å². The van der Waals surface area contributed by atoms with Gasteiger partial charge in [-0.1, -0.05) is 6.07 Å². The van der Waals surface area contributed by atoms with Crippen molar-refractivity contribution in [3.63, 3.8) is 0 Å². The van der Waals surface area contributed by atoms with Gasteiger partial charge in [0.1, 0.15) is 29.4 Å². The molecule has 0 aliphatic carbocycles. The number of halogens is 1. The third kappa shape index (κ3) is 6.32. The first-order valence-electron chi connectivity index (χ1n) is 12.9. The number of hydrogen-bond acceptors (Lipinski definition) is 8. The molecule has 0 radical (unpaired) electrons. The van der Waals surface area contributed by atoms with Gasteiger partial charge in [-0.2, -0.15) is 0 Å².